The van der Waals surface area contributed by atoms with Crippen molar-refractivity contribution in [3.8, 4) is 0 Å². The zero-order valence-electron chi connectivity index (χ0n) is 10.6. The first-order valence-corrected chi connectivity index (χ1v) is 8.00. The van der Waals surface area contributed by atoms with Crippen molar-refractivity contribution < 1.29 is 0 Å². The molecule has 6 heteroatoms. The fraction of sp³-hybridized carbons (Fsp3) is 0.538. The molecule has 3 nitrogen and oxygen atoms in total. The summed E-state index contributed by atoms with van der Waals surface area (Å²) in [5.41, 5.74) is 2.37. The van der Waals surface area contributed by atoms with Crippen LogP contribution in [-0.4, -0.2) is 6.04 Å². The van der Waals surface area contributed by atoms with E-state index in [1.807, 2.05) is 0 Å². The molecule has 1 aliphatic heterocycles. The van der Waals surface area contributed by atoms with Crippen LogP contribution in [0.3, 0.4) is 0 Å². The molecular formula is C13H15Cl2N3S. The Bertz CT molecular complexity index is 578. The third-order valence-corrected chi connectivity index (χ3v) is 4.86. The molecule has 1 saturated carbocycles. The molecule has 0 bridgehead atoms. The van der Waals surface area contributed by atoms with Gasteiger partial charge in [-0.25, -0.2) is 0 Å². The van der Waals surface area contributed by atoms with Crippen molar-refractivity contribution >= 4 is 51.6 Å². The minimum absolute atomic E-state index is 0.383. The SMILES string of the molecule is CC(CC1CCC1)Nc1c(Cl)cc(Cl)c2c1N=S=N2. The maximum atomic E-state index is 6.28. The number of hydrogen-bond donors (Lipinski definition) is 1. The highest BCUT2D eigenvalue weighted by Gasteiger charge is 2.23. The van der Waals surface area contributed by atoms with E-state index in [0.29, 0.717) is 16.1 Å². The molecule has 0 spiro atoms. The molecule has 0 aromatic heterocycles. The van der Waals surface area contributed by atoms with Crippen LogP contribution >= 0.6 is 23.2 Å². The predicted molar refractivity (Wildman–Crippen MR) is 83.0 cm³/mol. The lowest BCUT2D eigenvalue weighted by Gasteiger charge is -2.29. The third kappa shape index (κ3) is 2.67. The first kappa shape index (κ1) is 13.4. The van der Waals surface area contributed by atoms with E-state index in [-0.39, 0.29) is 0 Å². The third-order valence-electron chi connectivity index (χ3n) is 3.75. The molecule has 19 heavy (non-hydrogen) atoms. The molecule has 1 N–H and O–H groups in total. The van der Waals surface area contributed by atoms with E-state index in [1.54, 1.807) is 6.07 Å². The Kier molecular flexibility index (Phi) is 3.83. The average Bonchev–Trinajstić information content (AvgIpc) is 2.78. The number of anilines is 1. The fourth-order valence-electron chi connectivity index (χ4n) is 2.55. The van der Waals surface area contributed by atoms with Crippen molar-refractivity contribution in [1.29, 1.82) is 0 Å². The van der Waals surface area contributed by atoms with Gasteiger partial charge in [-0.2, -0.15) is 8.73 Å². The summed E-state index contributed by atoms with van der Waals surface area (Å²) in [6, 6.07) is 2.12. The van der Waals surface area contributed by atoms with E-state index in [1.165, 1.54) is 25.7 Å². The van der Waals surface area contributed by atoms with Crippen LogP contribution in [0.2, 0.25) is 10.0 Å². The summed E-state index contributed by atoms with van der Waals surface area (Å²) in [5, 5.41) is 4.66. The van der Waals surface area contributed by atoms with Crippen LogP contribution in [0.4, 0.5) is 17.1 Å². The van der Waals surface area contributed by atoms with Crippen molar-refractivity contribution in [3.05, 3.63) is 16.1 Å². The van der Waals surface area contributed by atoms with Crippen LogP contribution in [0.25, 0.3) is 0 Å². The van der Waals surface area contributed by atoms with Gasteiger partial charge in [0.2, 0.25) is 0 Å². The van der Waals surface area contributed by atoms with Crippen LogP contribution in [0.5, 0.6) is 0 Å². The Hall–Kier alpha value is -0.580. The summed E-state index contributed by atoms with van der Waals surface area (Å²) in [6.45, 7) is 2.19. The highest BCUT2D eigenvalue weighted by atomic mass is 35.5. The molecule has 1 atom stereocenters. The molecular weight excluding hydrogens is 301 g/mol. The number of nitrogens with one attached hydrogen (secondary N) is 1. The highest BCUT2D eigenvalue weighted by molar-refractivity contribution is 7.58. The normalized spacial score (nSPS) is 18.7. The lowest BCUT2D eigenvalue weighted by atomic mass is 9.81. The topological polar surface area (TPSA) is 36.8 Å². The maximum absolute atomic E-state index is 6.28. The molecule has 3 rings (SSSR count). The summed E-state index contributed by atoms with van der Waals surface area (Å²) >= 11 is 13.6. The number of benzene rings is 1. The largest absolute Gasteiger partial charge is 0.380 e. The molecule has 0 radical (unpaired) electrons. The van der Waals surface area contributed by atoms with Gasteiger partial charge in [-0.15, -0.1) is 0 Å². The summed E-state index contributed by atoms with van der Waals surface area (Å²) in [6.07, 6.45) is 5.26. The van der Waals surface area contributed by atoms with Crippen molar-refractivity contribution in [1.82, 2.24) is 0 Å². The Balaban J connectivity index is 1.81. The van der Waals surface area contributed by atoms with E-state index in [4.69, 9.17) is 23.2 Å². The molecule has 0 saturated heterocycles. The van der Waals surface area contributed by atoms with Gasteiger partial charge in [0.05, 0.1) is 27.1 Å². The molecule has 1 aromatic carbocycles. The summed E-state index contributed by atoms with van der Waals surface area (Å²) in [5.74, 6) is 0.859. The number of halogens is 2. The van der Waals surface area contributed by atoms with Gasteiger partial charge in [-0.05, 0) is 25.3 Å². The van der Waals surface area contributed by atoms with Crippen LogP contribution in [0.1, 0.15) is 32.6 Å². The second-order valence-electron chi connectivity index (χ2n) is 5.25. The second-order valence-corrected chi connectivity index (χ2v) is 6.60. The van der Waals surface area contributed by atoms with Gasteiger partial charge in [0.1, 0.15) is 11.4 Å². The quantitative estimate of drug-likeness (QED) is 0.770. The number of rotatable bonds is 4. The van der Waals surface area contributed by atoms with Gasteiger partial charge in [0.15, 0.2) is 0 Å². The first-order chi connectivity index (χ1) is 9.15. The number of nitrogens with zero attached hydrogens (tertiary/aromatic N) is 2. The molecule has 0 amide bonds. The summed E-state index contributed by atoms with van der Waals surface area (Å²) in [4.78, 5) is 0. The van der Waals surface area contributed by atoms with Crippen molar-refractivity contribution in [3.63, 3.8) is 0 Å². The minimum Gasteiger partial charge on any atom is -0.380 e. The minimum atomic E-state index is 0.383. The Morgan fingerprint density at radius 2 is 2.05 bits per heavy atom. The monoisotopic (exact) mass is 315 g/mol. The number of hydrogen-bond acceptors (Lipinski definition) is 3. The first-order valence-electron chi connectivity index (χ1n) is 6.52. The zero-order chi connectivity index (χ0) is 13.4. The van der Waals surface area contributed by atoms with Crippen molar-refractivity contribution in [2.24, 2.45) is 14.6 Å². The Labute approximate surface area is 126 Å². The number of fused-ring (bicyclic) bond motifs is 1. The Morgan fingerprint density at radius 1 is 1.32 bits per heavy atom. The molecule has 1 heterocycles. The van der Waals surface area contributed by atoms with E-state index < -0.39 is 0 Å². The van der Waals surface area contributed by atoms with Gasteiger partial charge in [-0.1, -0.05) is 42.5 Å². The van der Waals surface area contributed by atoms with Gasteiger partial charge < -0.3 is 5.32 Å². The zero-order valence-corrected chi connectivity index (χ0v) is 12.9. The van der Waals surface area contributed by atoms with Gasteiger partial charge in [0.25, 0.3) is 0 Å². The van der Waals surface area contributed by atoms with Crippen molar-refractivity contribution in [2.75, 3.05) is 5.32 Å². The lowest BCUT2D eigenvalue weighted by Crippen LogP contribution is -2.23. The van der Waals surface area contributed by atoms with Crippen LogP contribution in [0, 0.1) is 5.92 Å². The van der Waals surface area contributed by atoms with Crippen LogP contribution in [-0.2, 0) is 11.4 Å². The molecule has 1 aromatic rings. The predicted octanol–water partition coefficient (Wildman–Crippen LogP) is 5.71. The van der Waals surface area contributed by atoms with E-state index >= 15 is 0 Å². The molecule has 102 valence electrons. The summed E-state index contributed by atoms with van der Waals surface area (Å²) < 4.78 is 8.52. The van der Waals surface area contributed by atoms with Crippen molar-refractivity contribution in [2.45, 2.75) is 38.6 Å². The summed E-state index contributed by atoms with van der Waals surface area (Å²) in [7, 11) is 0. The second kappa shape index (κ2) is 5.43. The van der Waals surface area contributed by atoms with Gasteiger partial charge >= 0.3 is 0 Å². The Morgan fingerprint density at radius 3 is 2.74 bits per heavy atom. The molecule has 2 aliphatic rings. The van der Waals surface area contributed by atoms with E-state index in [9.17, 15) is 0 Å². The highest BCUT2D eigenvalue weighted by Crippen LogP contribution is 2.48. The average molecular weight is 316 g/mol. The van der Waals surface area contributed by atoms with Gasteiger partial charge in [-0.3, -0.25) is 0 Å². The standard InChI is InChI=1S/C13H15Cl2N3S/c1-7(5-8-3-2-4-8)16-11-9(14)6-10(15)12-13(11)18-19-17-12/h6-8,16H,2-5H2,1H3. The maximum Gasteiger partial charge on any atom is 0.130 e. The molecule has 1 aliphatic carbocycles. The smallest absolute Gasteiger partial charge is 0.130 e. The van der Waals surface area contributed by atoms with E-state index in [0.717, 1.165) is 34.3 Å². The molecule has 1 fully saturated rings. The fourth-order valence-corrected chi connectivity index (χ4v) is 3.71. The van der Waals surface area contributed by atoms with Gasteiger partial charge in [0, 0.05) is 6.04 Å². The van der Waals surface area contributed by atoms with Crippen LogP contribution < -0.4 is 5.32 Å². The lowest BCUT2D eigenvalue weighted by molar-refractivity contribution is 0.286. The van der Waals surface area contributed by atoms with Crippen LogP contribution in [0.15, 0.2) is 14.8 Å². The molecule has 1 unspecified atom stereocenters. The van der Waals surface area contributed by atoms with E-state index in [2.05, 4.69) is 21.0 Å².